The van der Waals surface area contributed by atoms with Gasteiger partial charge in [0, 0.05) is 19.8 Å². The number of anilines is 1. The largest absolute Gasteiger partial charge is 0.354 e. The summed E-state index contributed by atoms with van der Waals surface area (Å²) in [6, 6.07) is 11.8. The van der Waals surface area contributed by atoms with Crippen LogP contribution in [0.4, 0.5) is 10.1 Å². The van der Waals surface area contributed by atoms with Gasteiger partial charge in [-0.15, -0.1) is 0 Å². The summed E-state index contributed by atoms with van der Waals surface area (Å²) in [5, 5.41) is 8.94. The summed E-state index contributed by atoms with van der Waals surface area (Å²) >= 11 is 0. The zero-order valence-corrected chi connectivity index (χ0v) is 16.9. The first-order chi connectivity index (χ1) is 14.9. The van der Waals surface area contributed by atoms with Crippen LogP contribution < -0.4 is 4.90 Å². The zero-order chi connectivity index (χ0) is 22.5. The second-order valence-corrected chi connectivity index (χ2v) is 6.81. The molecule has 3 amide bonds. The number of halogens is 1. The van der Waals surface area contributed by atoms with Gasteiger partial charge in [-0.05, 0) is 48.5 Å². The van der Waals surface area contributed by atoms with Crippen LogP contribution in [0.1, 0.15) is 22.3 Å². The van der Waals surface area contributed by atoms with E-state index >= 15 is 0 Å². The summed E-state index contributed by atoms with van der Waals surface area (Å²) in [6.45, 7) is -0.117. The van der Waals surface area contributed by atoms with Crippen molar-refractivity contribution in [1.29, 1.82) is 5.26 Å². The highest BCUT2D eigenvalue weighted by Crippen LogP contribution is 2.27. The van der Waals surface area contributed by atoms with Crippen molar-refractivity contribution in [3.05, 3.63) is 65.5 Å². The van der Waals surface area contributed by atoms with Crippen LogP contribution in [-0.4, -0.2) is 55.7 Å². The van der Waals surface area contributed by atoms with E-state index in [0.29, 0.717) is 11.3 Å². The van der Waals surface area contributed by atoms with Gasteiger partial charge in [0.15, 0.2) is 6.29 Å². The third kappa shape index (κ3) is 4.60. The van der Waals surface area contributed by atoms with Crippen LogP contribution in [0.5, 0.6) is 0 Å². The molecule has 0 spiro atoms. The number of hydrogen-bond acceptors (Lipinski definition) is 6. The summed E-state index contributed by atoms with van der Waals surface area (Å²) in [5.74, 6) is -2.14. The van der Waals surface area contributed by atoms with E-state index in [9.17, 15) is 18.8 Å². The van der Waals surface area contributed by atoms with Crippen LogP contribution in [-0.2, 0) is 19.1 Å². The van der Waals surface area contributed by atoms with Gasteiger partial charge in [-0.25, -0.2) is 9.29 Å². The lowest BCUT2D eigenvalue weighted by Gasteiger charge is -2.30. The first kappa shape index (κ1) is 22.1. The topological polar surface area (TPSA) is 99.9 Å². The van der Waals surface area contributed by atoms with Crippen molar-refractivity contribution in [2.24, 2.45) is 0 Å². The molecule has 1 aliphatic rings. The number of carbonyl (C=O) groups is 3. The van der Waals surface area contributed by atoms with Crippen LogP contribution in [0.25, 0.3) is 0 Å². The first-order valence-corrected chi connectivity index (χ1v) is 9.38. The standard InChI is InChI=1S/C22H20FN3O5/c1-30-20(31-2)13-25(21(28)15-5-7-16(23)8-6-15)18-11-19(27)26(22(18)29)17-9-3-14(12-24)4-10-17/h3-10,18,20H,11,13H2,1-2H3. The molecule has 31 heavy (non-hydrogen) atoms. The highest BCUT2D eigenvalue weighted by atomic mass is 19.1. The Balaban J connectivity index is 1.93. The van der Waals surface area contributed by atoms with Gasteiger partial charge in [-0.1, -0.05) is 0 Å². The Hall–Kier alpha value is -3.61. The van der Waals surface area contributed by atoms with Gasteiger partial charge in [0.1, 0.15) is 11.9 Å². The normalized spacial score (nSPS) is 16.0. The van der Waals surface area contributed by atoms with Crippen molar-refractivity contribution in [2.75, 3.05) is 25.7 Å². The maximum Gasteiger partial charge on any atom is 0.257 e. The Bertz CT molecular complexity index is 1010. The lowest BCUT2D eigenvalue weighted by Crippen LogP contribution is -2.49. The summed E-state index contributed by atoms with van der Waals surface area (Å²) in [4.78, 5) is 41.2. The summed E-state index contributed by atoms with van der Waals surface area (Å²) in [5.41, 5.74) is 0.848. The summed E-state index contributed by atoms with van der Waals surface area (Å²) in [6.07, 6.45) is -1.07. The molecule has 0 aliphatic carbocycles. The van der Waals surface area contributed by atoms with Gasteiger partial charge in [0.25, 0.3) is 11.8 Å². The molecule has 1 unspecified atom stereocenters. The number of nitrogens with zero attached hydrogens (tertiary/aromatic N) is 3. The molecular formula is C22H20FN3O5. The van der Waals surface area contributed by atoms with Crippen LogP contribution in [0.3, 0.4) is 0 Å². The Kier molecular flexibility index (Phi) is 6.74. The molecule has 0 radical (unpaired) electrons. The van der Waals surface area contributed by atoms with Gasteiger partial charge in [-0.2, -0.15) is 5.26 Å². The summed E-state index contributed by atoms with van der Waals surface area (Å²) < 4.78 is 23.6. The van der Waals surface area contributed by atoms with Crippen molar-refractivity contribution in [3.8, 4) is 6.07 Å². The van der Waals surface area contributed by atoms with Gasteiger partial charge in [0.05, 0.1) is 30.3 Å². The summed E-state index contributed by atoms with van der Waals surface area (Å²) in [7, 11) is 2.78. The van der Waals surface area contributed by atoms with E-state index in [0.717, 1.165) is 17.0 Å². The lowest BCUT2D eigenvalue weighted by molar-refractivity contribution is -0.128. The van der Waals surface area contributed by atoms with Crippen molar-refractivity contribution < 1.29 is 28.2 Å². The fourth-order valence-electron chi connectivity index (χ4n) is 3.33. The van der Waals surface area contributed by atoms with Crippen LogP contribution in [0.2, 0.25) is 0 Å². The number of imide groups is 1. The number of benzene rings is 2. The molecule has 3 rings (SSSR count). The maximum absolute atomic E-state index is 13.3. The molecule has 9 heteroatoms. The predicted molar refractivity (Wildman–Crippen MR) is 107 cm³/mol. The van der Waals surface area contributed by atoms with E-state index in [1.54, 1.807) is 0 Å². The Morgan fingerprint density at radius 2 is 1.77 bits per heavy atom. The van der Waals surface area contributed by atoms with Gasteiger partial charge in [-0.3, -0.25) is 14.4 Å². The Labute approximate surface area is 178 Å². The lowest BCUT2D eigenvalue weighted by atomic mass is 10.1. The van der Waals surface area contributed by atoms with Gasteiger partial charge in [0.2, 0.25) is 5.91 Å². The number of hydrogen-bond donors (Lipinski definition) is 0. The Morgan fingerprint density at radius 3 is 2.32 bits per heavy atom. The number of carbonyl (C=O) groups excluding carboxylic acids is 3. The second kappa shape index (κ2) is 9.47. The van der Waals surface area contributed by atoms with Gasteiger partial charge >= 0.3 is 0 Å². The average molecular weight is 425 g/mol. The molecule has 160 valence electrons. The van der Waals surface area contributed by atoms with Gasteiger partial charge < -0.3 is 14.4 Å². The van der Waals surface area contributed by atoms with Crippen LogP contribution in [0, 0.1) is 17.1 Å². The monoisotopic (exact) mass is 425 g/mol. The average Bonchev–Trinajstić information content (AvgIpc) is 3.08. The van der Waals surface area contributed by atoms with Crippen LogP contribution >= 0.6 is 0 Å². The third-order valence-corrected chi connectivity index (χ3v) is 4.98. The van der Waals surface area contributed by atoms with E-state index in [2.05, 4.69) is 0 Å². The highest BCUT2D eigenvalue weighted by molar-refractivity contribution is 6.23. The fourth-order valence-corrected chi connectivity index (χ4v) is 3.33. The fraction of sp³-hybridized carbons (Fsp3) is 0.273. The smallest absolute Gasteiger partial charge is 0.257 e. The van der Waals surface area contributed by atoms with E-state index in [4.69, 9.17) is 14.7 Å². The molecule has 0 N–H and O–H groups in total. The zero-order valence-electron chi connectivity index (χ0n) is 16.9. The van der Waals surface area contributed by atoms with Crippen LogP contribution in [0.15, 0.2) is 48.5 Å². The quantitative estimate of drug-likeness (QED) is 0.498. The predicted octanol–water partition coefficient (Wildman–Crippen LogP) is 2.09. The molecule has 0 saturated carbocycles. The number of methoxy groups -OCH3 is 2. The van der Waals surface area contributed by atoms with E-state index in [1.807, 2.05) is 6.07 Å². The second-order valence-electron chi connectivity index (χ2n) is 6.81. The molecule has 8 nitrogen and oxygen atoms in total. The highest BCUT2D eigenvalue weighted by Gasteiger charge is 2.45. The Morgan fingerprint density at radius 1 is 1.16 bits per heavy atom. The van der Waals surface area contributed by atoms with E-state index in [-0.39, 0.29) is 18.5 Å². The van der Waals surface area contributed by atoms with Crippen molar-refractivity contribution >= 4 is 23.4 Å². The third-order valence-electron chi connectivity index (χ3n) is 4.98. The van der Waals surface area contributed by atoms with Crippen molar-refractivity contribution in [1.82, 2.24) is 4.90 Å². The molecule has 2 aromatic rings. The minimum atomic E-state index is -1.09. The number of rotatable bonds is 7. The molecule has 1 saturated heterocycles. The molecule has 1 heterocycles. The molecule has 1 atom stereocenters. The maximum atomic E-state index is 13.3. The minimum Gasteiger partial charge on any atom is -0.354 e. The minimum absolute atomic E-state index is 0.117. The SMILES string of the molecule is COC(CN(C(=O)c1ccc(F)cc1)C1CC(=O)N(c2ccc(C#N)cc2)C1=O)OC. The molecule has 1 fully saturated rings. The van der Waals surface area contributed by atoms with Crippen molar-refractivity contribution in [2.45, 2.75) is 18.8 Å². The van der Waals surface area contributed by atoms with E-state index in [1.165, 1.54) is 55.5 Å². The molecule has 0 aromatic heterocycles. The number of ether oxygens (including phenoxy) is 2. The molecule has 0 bridgehead atoms. The molecule has 2 aromatic carbocycles. The van der Waals surface area contributed by atoms with Crippen molar-refractivity contribution in [3.63, 3.8) is 0 Å². The number of nitriles is 1. The molecular weight excluding hydrogens is 405 g/mol. The number of amides is 3. The van der Waals surface area contributed by atoms with E-state index < -0.39 is 35.9 Å². The first-order valence-electron chi connectivity index (χ1n) is 9.38. The molecule has 1 aliphatic heterocycles.